The van der Waals surface area contributed by atoms with E-state index in [1.54, 1.807) is 0 Å². The van der Waals surface area contributed by atoms with Gasteiger partial charge in [0.05, 0.1) is 6.17 Å². The zero-order chi connectivity index (χ0) is 18.8. The van der Waals surface area contributed by atoms with Crippen molar-refractivity contribution in [2.75, 3.05) is 25.6 Å². The Morgan fingerprint density at radius 3 is 2.63 bits per heavy atom. The number of anilines is 1. The first-order chi connectivity index (χ1) is 13.1. The Morgan fingerprint density at radius 2 is 1.85 bits per heavy atom. The van der Waals surface area contributed by atoms with E-state index in [1.165, 1.54) is 5.56 Å². The summed E-state index contributed by atoms with van der Waals surface area (Å²) < 4.78 is 11.9. The van der Waals surface area contributed by atoms with Gasteiger partial charge in [0, 0.05) is 29.4 Å². The number of rotatable bonds is 4. The van der Waals surface area contributed by atoms with E-state index in [9.17, 15) is 0 Å². The molecule has 1 aromatic rings. The van der Waals surface area contributed by atoms with Gasteiger partial charge < -0.3 is 25.8 Å². The van der Waals surface area contributed by atoms with Crippen molar-refractivity contribution in [2.45, 2.75) is 69.5 Å². The predicted octanol–water partition coefficient (Wildman–Crippen LogP) is 1.66. The summed E-state index contributed by atoms with van der Waals surface area (Å²) in [5, 5.41) is 14.0. The molecule has 1 aromatic carbocycles. The number of hydrogen-bond donors (Lipinski definition) is 5. The Balaban J connectivity index is 1.57. The summed E-state index contributed by atoms with van der Waals surface area (Å²) in [5.74, 6) is 2.27. The van der Waals surface area contributed by atoms with Crippen LogP contribution >= 0.6 is 0 Å². The average Bonchev–Trinajstić information content (AvgIpc) is 2.67. The first kappa shape index (κ1) is 18.8. The third kappa shape index (κ3) is 4.32. The quantitative estimate of drug-likeness (QED) is 0.546. The number of hydrogen-bond acceptors (Lipinski definition) is 7. The van der Waals surface area contributed by atoms with Crippen molar-refractivity contribution in [1.29, 1.82) is 0 Å². The minimum Gasteiger partial charge on any atom is -0.486 e. The molecule has 1 saturated heterocycles. The van der Waals surface area contributed by atoms with Gasteiger partial charge in [0.15, 0.2) is 11.5 Å². The monoisotopic (exact) mass is 375 g/mol. The molecular formula is C20H33N5O2. The van der Waals surface area contributed by atoms with Gasteiger partial charge in [-0.05, 0) is 58.1 Å². The van der Waals surface area contributed by atoms with Crippen molar-refractivity contribution >= 4 is 5.69 Å². The Bertz CT molecular complexity index is 648. The van der Waals surface area contributed by atoms with E-state index in [0.717, 1.165) is 49.3 Å². The average molecular weight is 376 g/mol. The summed E-state index contributed by atoms with van der Waals surface area (Å²) in [7, 11) is 1.99. The van der Waals surface area contributed by atoms with Crippen molar-refractivity contribution in [3.05, 3.63) is 17.7 Å². The van der Waals surface area contributed by atoms with Gasteiger partial charge in [-0.25, -0.2) is 0 Å². The van der Waals surface area contributed by atoms with Crippen LogP contribution in [0.15, 0.2) is 12.1 Å². The highest BCUT2D eigenvalue weighted by molar-refractivity contribution is 5.61. The van der Waals surface area contributed by atoms with E-state index >= 15 is 0 Å². The molecule has 0 bridgehead atoms. The lowest BCUT2D eigenvalue weighted by Crippen LogP contribution is -2.63. The van der Waals surface area contributed by atoms with Gasteiger partial charge in [-0.3, -0.25) is 10.6 Å². The molecule has 27 heavy (non-hydrogen) atoms. The summed E-state index contributed by atoms with van der Waals surface area (Å²) in [4.78, 5) is 0. The SMILES string of the molecule is CNC1CC(C)NC(Nc2cc3c(c([C@H]4CC[C@H](N)CC4)c2)OCCO3)N1. The van der Waals surface area contributed by atoms with Crippen LogP contribution in [0.1, 0.15) is 50.5 Å². The fraction of sp³-hybridized carbons (Fsp3) is 0.700. The minimum absolute atomic E-state index is 0.00128. The fourth-order valence-electron chi connectivity index (χ4n) is 4.47. The third-order valence-electron chi connectivity index (χ3n) is 5.95. The number of benzene rings is 1. The largest absolute Gasteiger partial charge is 0.486 e. The summed E-state index contributed by atoms with van der Waals surface area (Å²) >= 11 is 0. The van der Waals surface area contributed by atoms with Crippen LogP contribution in [-0.4, -0.2) is 44.8 Å². The summed E-state index contributed by atoms with van der Waals surface area (Å²) in [5.41, 5.74) is 8.43. The maximum absolute atomic E-state index is 6.11. The second-order valence-electron chi connectivity index (χ2n) is 8.09. The molecule has 150 valence electrons. The van der Waals surface area contributed by atoms with Crippen LogP contribution in [0.4, 0.5) is 5.69 Å². The van der Waals surface area contributed by atoms with Crippen molar-refractivity contribution < 1.29 is 9.47 Å². The maximum Gasteiger partial charge on any atom is 0.164 e. The van der Waals surface area contributed by atoms with E-state index in [4.69, 9.17) is 15.2 Å². The lowest BCUT2D eigenvalue weighted by atomic mass is 9.81. The third-order valence-corrected chi connectivity index (χ3v) is 5.95. The van der Waals surface area contributed by atoms with E-state index in [1.807, 2.05) is 7.05 Å². The van der Waals surface area contributed by atoms with Gasteiger partial charge in [-0.2, -0.15) is 0 Å². The minimum atomic E-state index is 0.00128. The van der Waals surface area contributed by atoms with Gasteiger partial charge >= 0.3 is 0 Å². The topological polar surface area (TPSA) is 92.6 Å². The zero-order valence-electron chi connectivity index (χ0n) is 16.4. The fourth-order valence-corrected chi connectivity index (χ4v) is 4.47. The van der Waals surface area contributed by atoms with E-state index in [-0.39, 0.29) is 12.5 Å². The standard InChI is InChI=1S/C20H33N5O2/c1-12-9-18(22-2)25-20(23-12)24-15-10-16(13-3-5-14(21)6-4-13)19-17(11-15)26-7-8-27-19/h10-14,18,20,22-25H,3-9,21H2,1-2H3/t12?,13-,14-,18?,20?. The Morgan fingerprint density at radius 1 is 1.07 bits per heavy atom. The molecule has 2 heterocycles. The van der Waals surface area contributed by atoms with Crippen molar-refractivity contribution in [2.24, 2.45) is 5.73 Å². The zero-order valence-corrected chi connectivity index (χ0v) is 16.4. The molecule has 3 aliphatic rings. The summed E-state index contributed by atoms with van der Waals surface area (Å²) in [6.07, 6.45) is 5.70. The molecule has 0 amide bonds. The van der Waals surface area contributed by atoms with Gasteiger partial charge in [0.25, 0.3) is 0 Å². The Labute approximate surface area is 161 Å². The van der Waals surface area contributed by atoms with Crippen LogP contribution in [0.2, 0.25) is 0 Å². The van der Waals surface area contributed by atoms with Crippen molar-refractivity contribution in [3.63, 3.8) is 0 Å². The molecule has 2 aliphatic heterocycles. The molecule has 1 saturated carbocycles. The van der Waals surface area contributed by atoms with Crippen LogP contribution in [0.5, 0.6) is 11.5 Å². The highest BCUT2D eigenvalue weighted by atomic mass is 16.6. The second kappa shape index (κ2) is 8.22. The Kier molecular flexibility index (Phi) is 5.73. The molecule has 7 heteroatoms. The lowest BCUT2D eigenvalue weighted by Gasteiger charge is -2.37. The second-order valence-corrected chi connectivity index (χ2v) is 8.09. The molecule has 6 N–H and O–H groups in total. The number of ether oxygens (including phenoxy) is 2. The van der Waals surface area contributed by atoms with Crippen LogP contribution in [0.25, 0.3) is 0 Å². The highest BCUT2D eigenvalue weighted by Gasteiger charge is 2.28. The highest BCUT2D eigenvalue weighted by Crippen LogP contribution is 2.44. The molecule has 0 radical (unpaired) electrons. The molecule has 7 nitrogen and oxygen atoms in total. The number of nitrogens with one attached hydrogen (secondary N) is 4. The van der Waals surface area contributed by atoms with Crippen molar-refractivity contribution in [1.82, 2.24) is 16.0 Å². The van der Waals surface area contributed by atoms with Gasteiger partial charge in [0.1, 0.15) is 19.5 Å². The molecule has 1 aliphatic carbocycles. The van der Waals surface area contributed by atoms with Crippen LogP contribution < -0.4 is 36.5 Å². The Hall–Kier alpha value is -1.54. The van der Waals surface area contributed by atoms with Crippen LogP contribution in [0.3, 0.4) is 0 Å². The molecule has 4 rings (SSSR count). The summed E-state index contributed by atoms with van der Waals surface area (Å²) in [6, 6.07) is 5.07. The lowest BCUT2D eigenvalue weighted by molar-refractivity contribution is 0.168. The van der Waals surface area contributed by atoms with Crippen LogP contribution in [-0.2, 0) is 0 Å². The number of fused-ring (bicyclic) bond motifs is 1. The first-order valence-corrected chi connectivity index (χ1v) is 10.3. The molecule has 3 unspecified atom stereocenters. The first-order valence-electron chi connectivity index (χ1n) is 10.3. The number of nitrogens with two attached hydrogens (primary N) is 1. The maximum atomic E-state index is 6.11. The summed E-state index contributed by atoms with van der Waals surface area (Å²) in [6.45, 7) is 3.43. The van der Waals surface area contributed by atoms with Crippen molar-refractivity contribution in [3.8, 4) is 11.5 Å². The van der Waals surface area contributed by atoms with Gasteiger partial charge in [0.2, 0.25) is 0 Å². The molecule has 2 fully saturated rings. The van der Waals surface area contributed by atoms with E-state index < -0.39 is 0 Å². The smallest absolute Gasteiger partial charge is 0.164 e. The van der Waals surface area contributed by atoms with Gasteiger partial charge in [-0.15, -0.1) is 0 Å². The van der Waals surface area contributed by atoms with Gasteiger partial charge in [-0.1, -0.05) is 0 Å². The molecule has 0 aromatic heterocycles. The predicted molar refractivity (Wildman–Crippen MR) is 107 cm³/mol. The molecular weight excluding hydrogens is 342 g/mol. The molecule has 0 spiro atoms. The van der Waals surface area contributed by atoms with E-state index in [2.05, 4.69) is 40.3 Å². The van der Waals surface area contributed by atoms with E-state index in [0.29, 0.717) is 31.2 Å². The normalized spacial score (nSPS) is 33.5. The molecule has 3 atom stereocenters. The van der Waals surface area contributed by atoms with Crippen LogP contribution in [0, 0.1) is 0 Å².